The number of rotatable bonds is 4. The van der Waals surface area contributed by atoms with Crippen LogP contribution < -0.4 is 11.1 Å². The van der Waals surface area contributed by atoms with Crippen molar-refractivity contribution in [2.45, 2.75) is 45.8 Å². The lowest BCUT2D eigenvalue weighted by Crippen LogP contribution is -2.41. The first-order chi connectivity index (χ1) is 12.1. The summed E-state index contributed by atoms with van der Waals surface area (Å²) in [6.45, 7) is 9.84. The largest absolute Gasteiger partial charge is 0.492 e. The summed E-state index contributed by atoms with van der Waals surface area (Å²) >= 11 is 1.45. The van der Waals surface area contributed by atoms with Crippen LogP contribution in [-0.2, 0) is 14.1 Å². The number of hydrogen-bond donors (Lipinski definition) is 2. The minimum absolute atomic E-state index is 0.108. The van der Waals surface area contributed by atoms with E-state index in [1.807, 2.05) is 52.0 Å². The highest BCUT2D eigenvalue weighted by molar-refractivity contribution is 7.22. The van der Waals surface area contributed by atoms with E-state index in [0.717, 1.165) is 21.3 Å². The van der Waals surface area contributed by atoms with Gasteiger partial charge in [0.05, 0.1) is 21.4 Å². The zero-order valence-electron chi connectivity index (χ0n) is 15.8. The van der Waals surface area contributed by atoms with Crippen LogP contribution in [0, 0.1) is 0 Å². The van der Waals surface area contributed by atoms with Crippen LogP contribution in [0.15, 0.2) is 23.7 Å². The maximum Gasteiger partial charge on any atom is 0.492 e. The topological polar surface area (TPSA) is 86.5 Å². The lowest BCUT2D eigenvalue weighted by Gasteiger charge is -2.32. The molecule has 1 amide bonds. The number of hydrogen-bond acceptors (Lipinski definition) is 6. The molecule has 1 aliphatic rings. The van der Waals surface area contributed by atoms with Crippen molar-refractivity contribution in [1.82, 2.24) is 10.3 Å². The Morgan fingerprint density at radius 1 is 1.31 bits per heavy atom. The second-order valence-corrected chi connectivity index (χ2v) is 8.53. The average Bonchev–Trinajstić information content (AvgIpc) is 3.00. The van der Waals surface area contributed by atoms with E-state index < -0.39 is 18.3 Å². The normalized spacial score (nSPS) is 19.1. The summed E-state index contributed by atoms with van der Waals surface area (Å²) in [7, 11) is -0.543. The van der Waals surface area contributed by atoms with E-state index in [9.17, 15) is 4.79 Å². The average molecular weight is 373 g/mol. The van der Waals surface area contributed by atoms with Gasteiger partial charge in [-0.25, -0.2) is 4.98 Å². The van der Waals surface area contributed by atoms with Gasteiger partial charge >= 0.3 is 7.12 Å². The van der Waals surface area contributed by atoms with Gasteiger partial charge in [-0.1, -0.05) is 29.5 Å². The number of amides is 1. The van der Waals surface area contributed by atoms with Crippen LogP contribution >= 0.6 is 11.3 Å². The number of nitrogens with zero attached hydrogens (tertiary/aromatic N) is 1. The van der Waals surface area contributed by atoms with E-state index in [1.165, 1.54) is 18.3 Å². The Hall–Kier alpha value is -1.90. The highest BCUT2D eigenvalue weighted by Crippen LogP contribution is 2.39. The van der Waals surface area contributed by atoms with E-state index in [-0.39, 0.29) is 5.91 Å². The molecule has 3 N–H and O–H groups in total. The third-order valence-electron chi connectivity index (χ3n) is 4.91. The van der Waals surface area contributed by atoms with Crippen molar-refractivity contribution in [2.24, 2.45) is 0 Å². The number of carbonyl (C=O) groups excluding carboxylic acids is 1. The predicted molar refractivity (Wildman–Crippen MR) is 107 cm³/mol. The summed E-state index contributed by atoms with van der Waals surface area (Å²) in [6.07, 6.45) is 1.97. The first-order valence-electron chi connectivity index (χ1n) is 8.55. The van der Waals surface area contributed by atoms with Crippen LogP contribution in [0.5, 0.6) is 0 Å². The number of benzene rings is 1. The van der Waals surface area contributed by atoms with Gasteiger partial charge in [-0.3, -0.25) is 4.79 Å². The Morgan fingerprint density at radius 2 is 1.96 bits per heavy atom. The minimum atomic E-state index is -0.543. The summed E-state index contributed by atoms with van der Waals surface area (Å²) in [4.78, 5) is 15.9. The zero-order chi connectivity index (χ0) is 19.1. The van der Waals surface area contributed by atoms with Gasteiger partial charge in [0.25, 0.3) is 0 Å². The molecule has 2 heterocycles. The molecule has 3 rings (SSSR count). The Kier molecular flexibility index (Phi) is 4.85. The van der Waals surface area contributed by atoms with Crippen LogP contribution in [-0.4, -0.2) is 35.8 Å². The molecule has 1 aliphatic heterocycles. The molecular weight excluding hydrogens is 349 g/mol. The van der Waals surface area contributed by atoms with Gasteiger partial charge in [0.15, 0.2) is 5.13 Å². The lowest BCUT2D eigenvalue weighted by atomic mass is 9.77. The number of nitrogens with two attached hydrogens (primary N) is 1. The highest BCUT2D eigenvalue weighted by Gasteiger charge is 2.52. The summed E-state index contributed by atoms with van der Waals surface area (Å²) in [5, 5.41) is 3.37. The third kappa shape index (κ3) is 3.63. The van der Waals surface area contributed by atoms with Crippen molar-refractivity contribution in [2.75, 3.05) is 12.3 Å². The molecule has 0 saturated carbocycles. The lowest BCUT2D eigenvalue weighted by molar-refractivity contribution is -0.118. The van der Waals surface area contributed by atoms with E-state index in [4.69, 9.17) is 15.0 Å². The van der Waals surface area contributed by atoms with Gasteiger partial charge in [0.2, 0.25) is 5.91 Å². The van der Waals surface area contributed by atoms with Gasteiger partial charge in [0, 0.05) is 19.0 Å². The summed E-state index contributed by atoms with van der Waals surface area (Å²) < 4.78 is 13.3. The van der Waals surface area contributed by atoms with Crippen LogP contribution in [0.2, 0.25) is 0 Å². The molecule has 1 saturated heterocycles. The Labute approximate surface area is 157 Å². The summed E-state index contributed by atoms with van der Waals surface area (Å²) in [5.41, 5.74) is 7.55. The van der Waals surface area contributed by atoms with Crippen LogP contribution in [0.1, 0.15) is 40.2 Å². The number of fused-ring (bicyclic) bond motifs is 1. The zero-order valence-corrected chi connectivity index (χ0v) is 16.6. The Morgan fingerprint density at radius 3 is 2.58 bits per heavy atom. The van der Waals surface area contributed by atoms with E-state index >= 15 is 0 Å². The predicted octanol–water partition coefficient (Wildman–Crippen LogP) is 3.03. The van der Waals surface area contributed by atoms with Crippen molar-refractivity contribution in [1.29, 1.82) is 0 Å². The molecule has 8 heteroatoms. The Balaban J connectivity index is 2.01. The number of anilines is 1. The second kappa shape index (κ2) is 6.68. The van der Waals surface area contributed by atoms with E-state index in [0.29, 0.717) is 11.7 Å². The van der Waals surface area contributed by atoms with Crippen LogP contribution in [0.4, 0.5) is 5.13 Å². The number of para-hydroxylation sites is 1. The number of carbonyl (C=O) groups is 1. The SMILES string of the molecule is CC(=O)NCC(=Cc1cccc2sc(N)nc12)B1OC(C)(C)C(C)(C)O1. The Bertz CT molecular complexity index is 860. The van der Waals surface area contributed by atoms with Gasteiger partial charge in [-0.2, -0.15) is 0 Å². The number of nitrogens with one attached hydrogen (secondary N) is 1. The molecule has 1 aromatic carbocycles. The van der Waals surface area contributed by atoms with E-state index in [2.05, 4.69) is 10.3 Å². The molecule has 138 valence electrons. The first kappa shape index (κ1) is 18.9. The molecule has 0 unspecified atom stereocenters. The van der Waals surface area contributed by atoms with Gasteiger partial charge in [0.1, 0.15) is 0 Å². The van der Waals surface area contributed by atoms with Crippen molar-refractivity contribution < 1.29 is 14.1 Å². The maximum atomic E-state index is 11.4. The molecule has 0 radical (unpaired) electrons. The van der Waals surface area contributed by atoms with Crippen molar-refractivity contribution >= 4 is 45.8 Å². The first-order valence-corrected chi connectivity index (χ1v) is 9.36. The van der Waals surface area contributed by atoms with Gasteiger partial charge < -0.3 is 20.4 Å². The summed E-state index contributed by atoms with van der Waals surface area (Å²) in [6, 6.07) is 5.93. The fraction of sp³-hybridized carbons (Fsp3) is 0.444. The van der Waals surface area contributed by atoms with Crippen LogP contribution in [0.25, 0.3) is 16.3 Å². The number of nitrogen functional groups attached to an aromatic ring is 1. The molecular formula is C18H24BN3O3S. The van der Waals surface area contributed by atoms with Gasteiger partial charge in [-0.05, 0) is 39.2 Å². The van der Waals surface area contributed by atoms with Crippen LogP contribution in [0.3, 0.4) is 0 Å². The molecule has 0 atom stereocenters. The molecule has 26 heavy (non-hydrogen) atoms. The smallest absolute Gasteiger partial charge is 0.400 e. The molecule has 0 bridgehead atoms. The highest BCUT2D eigenvalue weighted by atomic mass is 32.1. The monoisotopic (exact) mass is 373 g/mol. The maximum absolute atomic E-state index is 11.4. The molecule has 0 spiro atoms. The third-order valence-corrected chi connectivity index (χ3v) is 5.75. The quantitative estimate of drug-likeness (QED) is 0.805. The minimum Gasteiger partial charge on any atom is -0.400 e. The molecule has 2 aromatic rings. The second-order valence-electron chi connectivity index (χ2n) is 7.46. The molecule has 6 nitrogen and oxygen atoms in total. The number of aromatic nitrogens is 1. The summed E-state index contributed by atoms with van der Waals surface area (Å²) in [5.74, 6) is -0.108. The number of thiazole rings is 1. The fourth-order valence-electron chi connectivity index (χ4n) is 2.73. The standard InChI is InChI=1S/C18H24BN3O3S/c1-11(23)21-10-13(19-24-17(2,3)18(4,5)25-19)9-12-7-6-8-14-15(12)22-16(20)26-14/h6-9H,10H2,1-5H3,(H2,20,22)(H,21,23). The van der Waals surface area contributed by atoms with E-state index in [1.54, 1.807) is 0 Å². The van der Waals surface area contributed by atoms with Gasteiger partial charge in [-0.15, -0.1) is 0 Å². The molecule has 1 fully saturated rings. The van der Waals surface area contributed by atoms with Crippen molar-refractivity contribution in [3.05, 3.63) is 29.2 Å². The molecule has 1 aromatic heterocycles. The fourth-order valence-corrected chi connectivity index (χ4v) is 3.50. The van der Waals surface area contributed by atoms with Crippen molar-refractivity contribution in [3.63, 3.8) is 0 Å². The van der Waals surface area contributed by atoms with Crippen molar-refractivity contribution in [3.8, 4) is 0 Å². The molecule has 0 aliphatic carbocycles.